The Morgan fingerprint density at radius 2 is 1.60 bits per heavy atom. The van der Waals surface area contributed by atoms with E-state index in [9.17, 15) is 13.2 Å². The molecule has 0 aliphatic heterocycles. The van der Waals surface area contributed by atoms with Crippen LogP contribution in [0.4, 0.5) is 5.69 Å². The van der Waals surface area contributed by atoms with Crippen molar-refractivity contribution in [2.75, 3.05) is 25.8 Å². The van der Waals surface area contributed by atoms with Gasteiger partial charge in [-0.25, -0.2) is 8.42 Å². The van der Waals surface area contributed by atoms with E-state index >= 15 is 0 Å². The topological polar surface area (TPSA) is 81.7 Å². The van der Waals surface area contributed by atoms with Crippen molar-refractivity contribution in [1.29, 1.82) is 0 Å². The quantitative estimate of drug-likeness (QED) is 0.823. The number of sulfone groups is 1. The van der Waals surface area contributed by atoms with Crippen LogP contribution in [0.25, 0.3) is 0 Å². The Morgan fingerprint density at radius 1 is 1.00 bits per heavy atom. The first kappa shape index (κ1) is 19.4. The molecule has 2 aromatic rings. The van der Waals surface area contributed by atoms with Crippen LogP contribution in [-0.4, -0.2) is 34.8 Å². The predicted octanol–water partition coefficient (Wildman–Crippen LogP) is 3.67. The third-order valence-electron chi connectivity index (χ3n) is 3.31. The summed E-state index contributed by atoms with van der Waals surface area (Å²) in [5, 5.41) is 2.89. The minimum atomic E-state index is -3.56. The number of halogens is 2. The van der Waals surface area contributed by atoms with Gasteiger partial charge < -0.3 is 14.8 Å². The number of anilines is 1. The molecule has 0 atom stereocenters. The summed E-state index contributed by atoms with van der Waals surface area (Å²) in [7, 11) is -0.646. The second-order valence-electron chi connectivity index (χ2n) is 5.06. The molecule has 25 heavy (non-hydrogen) atoms. The highest BCUT2D eigenvalue weighted by Crippen LogP contribution is 2.36. The second kappa shape index (κ2) is 7.51. The van der Waals surface area contributed by atoms with E-state index in [2.05, 4.69) is 5.32 Å². The van der Waals surface area contributed by atoms with Gasteiger partial charge >= 0.3 is 0 Å². The molecule has 9 heteroatoms. The highest BCUT2D eigenvalue weighted by Gasteiger charge is 2.17. The Morgan fingerprint density at radius 3 is 2.16 bits per heavy atom. The fraction of sp³-hybridized carbons (Fsp3) is 0.188. The van der Waals surface area contributed by atoms with Crippen LogP contribution in [0.15, 0.2) is 35.2 Å². The maximum absolute atomic E-state index is 12.4. The lowest BCUT2D eigenvalue weighted by Crippen LogP contribution is -2.13. The van der Waals surface area contributed by atoms with Crippen LogP contribution in [-0.2, 0) is 9.84 Å². The van der Waals surface area contributed by atoms with Crippen molar-refractivity contribution in [3.63, 3.8) is 0 Å². The van der Waals surface area contributed by atoms with Gasteiger partial charge in [-0.3, -0.25) is 4.79 Å². The standard InChI is InChI=1S/C16H15Cl2NO5S/c1-23-13-7-11(18)12(8-14(13)24-2)19-16(20)9-4-5-10(17)15(6-9)25(3,21)22/h4-8H,1-3H3,(H,19,20). The van der Waals surface area contributed by atoms with E-state index in [1.807, 2.05) is 0 Å². The lowest BCUT2D eigenvalue weighted by molar-refractivity contribution is 0.102. The number of ether oxygens (including phenoxy) is 2. The summed E-state index contributed by atoms with van der Waals surface area (Å²) in [4.78, 5) is 12.3. The lowest BCUT2D eigenvalue weighted by atomic mass is 10.2. The van der Waals surface area contributed by atoms with Gasteiger partial charge in [0.1, 0.15) is 0 Å². The van der Waals surface area contributed by atoms with Gasteiger partial charge in [-0.2, -0.15) is 0 Å². The Balaban J connectivity index is 2.38. The van der Waals surface area contributed by atoms with Crippen LogP contribution < -0.4 is 14.8 Å². The highest BCUT2D eigenvalue weighted by atomic mass is 35.5. The molecule has 134 valence electrons. The van der Waals surface area contributed by atoms with Crippen LogP contribution in [0.3, 0.4) is 0 Å². The van der Waals surface area contributed by atoms with Gasteiger partial charge in [-0.15, -0.1) is 0 Å². The molecule has 0 saturated carbocycles. The van der Waals surface area contributed by atoms with E-state index in [1.54, 1.807) is 0 Å². The third-order valence-corrected chi connectivity index (χ3v) is 5.21. The number of hydrogen-bond donors (Lipinski definition) is 1. The van der Waals surface area contributed by atoms with Crippen molar-refractivity contribution < 1.29 is 22.7 Å². The summed E-state index contributed by atoms with van der Waals surface area (Å²) in [5.74, 6) is 0.252. The first-order chi connectivity index (χ1) is 11.7. The number of carbonyl (C=O) groups is 1. The van der Waals surface area contributed by atoms with Crippen LogP contribution in [0.1, 0.15) is 10.4 Å². The average molecular weight is 404 g/mol. The van der Waals surface area contributed by atoms with E-state index in [-0.39, 0.29) is 20.5 Å². The van der Waals surface area contributed by atoms with E-state index in [1.165, 1.54) is 44.6 Å². The number of benzene rings is 2. The van der Waals surface area contributed by atoms with Gasteiger partial charge in [0.2, 0.25) is 0 Å². The summed E-state index contributed by atoms with van der Waals surface area (Å²) in [6.45, 7) is 0. The van der Waals surface area contributed by atoms with E-state index in [4.69, 9.17) is 32.7 Å². The monoisotopic (exact) mass is 403 g/mol. The molecule has 0 spiro atoms. The maximum Gasteiger partial charge on any atom is 0.255 e. The molecule has 2 aromatic carbocycles. The number of hydrogen-bond acceptors (Lipinski definition) is 5. The van der Waals surface area contributed by atoms with Crippen LogP contribution in [0.5, 0.6) is 11.5 Å². The average Bonchev–Trinajstić information content (AvgIpc) is 2.55. The van der Waals surface area contributed by atoms with Crippen molar-refractivity contribution in [1.82, 2.24) is 0 Å². The zero-order chi connectivity index (χ0) is 18.8. The first-order valence-electron chi connectivity index (χ1n) is 6.90. The lowest BCUT2D eigenvalue weighted by Gasteiger charge is -2.13. The Hall–Kier alpha value is -1.96. The van der Waals surface area contributed by atoms with Crippen LogP contribution >= 0.6 is 23.2 Å². The summed E-state index contributed by atoms with van der Waals surface area (Å²) >= 11 is 12.0. The molecule has 1 N–H and O–H groups in total. The van der Waals surface area contributed by atoms with Crippen molar-refractivity contribution in [2.24, 2.45) is 0 Å². The number of nitrogens with one attached hydrogen (secondary N) is 1. The van der Waals surface area contributed by atoms with Gasteiger partial charge in [-0.05, 0) is 18.2 Å². The molecule has 0 bridgehead atoms. The first-order valence-corrected chi connectivity index (χ1v) is 9.54. The molecule has 2 rings (SSSR count). The molecule has 0 aromatic heterocycles. The Labute approximate surface area is 155 Å². The minimum Gasteiger partial charge on any atom is -0.493 e. The third kappa shape index (κ3) is 4.36. The Kier molecular flexibility index (Phi) is 5.82. The number of rotatable bonds is 5. The SMILES string of the molecule is COc1cc(Cl)c(NC(=O)c2ccc(Cl)c(S(C)(=O)=O)c2)cc1OC. The molecule has 6 nitrogen and oxygen atoms in total. The summed E-state index contributed by atoms with van der Waals surface area (Å²) in [5.41, 5.74) is 0.413. The summed E-state index contributed by atoms with van der Waals surface area (Å²) < 4.78 is 33.7. The molecule has 0 saturated heterocycles. The zero-order valence-corrected chi connectivity index (χ0v) is 15.9. The molecule has 0 aliphatic rings. The molecule has 0 aliphatic carbocycles. The van der Waals surface area contributed by atoms with Crippen molar-refractivity contribution in [3.05, 3.63) is 45.9 Å². The van der Waals surface area contributed by atoms with Crippen molar-refractivity contribution >= 4 is 44.6 Å². The molecule has 0 heterocycles. The predicted molar refractivity (Wildman–Crippen MR) is 97.1 cm³/mol. The van der Waals surface area contributed by atoms with Gasteiger partial charge in [0.15, 0.2) is 21.3 Å². The van der Waals surface area contributed by atoms with Gasteiger partial charge in [-0.1, -0.05) is 23.2 Å². The van der Waals surface area contributed by atoms with E-state index < -0.39 is 15.7 Å². The van der Waals surface area contributed by atoms with Gasteiger partial charge in [0, 0.05) is 24.0 Å². The largest absolute Gasteiger partial charge is 0.493 e. The molecule has 0 fully saturated rings. The Bertz CT molecular complexity index is 928. The fourth-order valence-electron chi connectivity index (χ4n) is 2.07. The van der Waals surface area contributed by atoms with Gasteiger partial charge in [0.05, 0.1) is 34.8 Å². The smallest absolute Gasteiger partial charge is 0.255 e. The summed E-state index contributed by atoms with van der Waals surface area (Å²) in [6.07, 6.45) is 1.01. The normalized spacial score (nSPS) is 11.1. The van der Waals surface area contributed by atoms with Crippen molar-refractivity contribution in [3.8, 4) is 11.5 Å². The molecular weight excluding hydrogens is 389 g/mol. The maximum atomic E-state index is 12.4. The minimum absolute atomic E-state index is 0.0446. The number of amides is 1. The van der Waals surface area contributed by atoms with E-state index in [0.717, 1.165) is 6.26 Å². The molecule has 0 radical (unpaired) electrons. The number of carbonyl (C=O) groups excluding carboxylic acids is 1. The van der Waals surface area contributed by atoms with Crippen LogP contribution in [0.2, 0.25) is 10.0 Å². The second-order valence-corrected chi connectivity index (χ2v) is 7.86. The van der Waals surface area contributed by atoms with Crippen LogP contribution in [0, 0.1) is 0 Å². The highest BCUT2D eigenvalue weighted by molar-refractivity contribution is 7.90. The molecule has 0 unspecified atom stereocenters. The zero-order valence-electron chi connectivity index (χ0n) is 13.6. The summed E-state index contributed by atoms with van der Waals surface area (Å²) in [6, 6.07) is 6.98. The van der Waals surface area contributed by atoms with E-state index in [0.29, 0.717) is 17.2 Å². The molecule has 1 amide bonds. The number of methoxy groups -OCH3 is 2. The van der Waals surface area contributed by atoms with Crippen molar-refractivity contribution in [2.45, 2.75) is 4.90 Å². The van der Waals surface area contributed by atoms with Gasteiger partial charge in [0.25, 0.3) is 5.91 Å². The fourth-order valence-corrected chi connectivity index (χ4v) is 3.58. The molecular formula is C16H15Cl2NO5S.